The number of hydrogen-bond acceptors (Lipinski definition) is 6. The Kier molecular flexibility index (Phi) is 3.84. The van der Waals surface area contributed by atoms with Crippen molar-refractivity contribution in [2.75, 3.05) is 17.7 Å². The molecule has 2 aromatic heterocycles. The molecule has 0 amide bonds. The summed E-state index contributed by atoms with van der Waals surface area (Å²) in [5.74, 6) is 0.546. The number of nitrogen functional groups attached to an aromatic ring is 1. The highest BCUT2D eigenvalue weighted by Gasteiger charge is 2.24. The first-order chi connectivity index (χ1) is 9.75. The van der Waals surface area contributed by atoms with Gasteiger partial charge in [-0.15, -0.1) is 0 Å². The van der Waals surface area contributed by atoms with Crippen molar-refractivity contribution in [1.82, 2.24) is 9.36 Å². The van der Waals surface area contributed by atoms with Gasteiger partial charge in [0.05, 0.1) is 17.7 Å². The van der Waals surface area contributed by atoms with E-state index >= 15 is 0 Å². The molecule has 106 valence electrons. The van der Waals surface area contributed by atoms with Crippen molar-refractivity contribution in [2.45, 2.75) is 31.9 Å². The quantitative estimate of drug-likeness (QED) is 0.905. The Morgan fingerprint density at radius 3 is 3.15 bits per heavy atom. The molecular formula is C14H18N4OS. The van der Waals surface area contributed by atoms with Crippen molar-refractivity contribution in [3.63, 3.8) is 0 Å². The van der Waals surface area contributed by atoms with E-state index in [1.165, 1.54) is 11.5 Å². The summed E-state index contributed by atoms with van der Waals surface area (Å²) in [6.07, 6.45) is 6.06. The molecule has 0 spiro atoms. The summed E-state index contributed by atoms with van der Waals surface area (Å²) in [7, 11) is 0. The minimum atomic E-state index is 0.243. The second-order valence-electron chi connectivity index (χ2n) is 5.00. The van der Waals surface area contributed by atoms with Crippen LogP contribution in [-0.4, -0.2) is 28.1 Å². The predicted octanol–water partition coefficient (Wildman–Crippen LogP) is 2.77. The van der Waals surface area contributed by atoms with E-state index in [1.807, 2.05) is 18.3 Å². The number of anilines is 2. The molecule has 1 aliphatic heterocycles. The van der Waals surface area contributed by atoms with Gasteiger partial charge in [0.15, 0.2) is 0 Å². The number of hydrogen-bond donors (Lipinski definition) is 2. The normalized spacial score (nSPS) is 19.9. The standard InChI is InChI=1S/C14H18N4OS/c1-9(11-5-3-7-19-11)17-14-12(13(15)18-20-14)10-4-2-6-16-8-10/h2,4,6,8-9,11,17H,3,5,7H2,1H3,(H2,15,18). The molecule has 5 nitrogen and oxygen atoms in total. The molecule has 0 aliphatic carbocycles. The van der Waals surface area contributed by atoms with Gasteiger partial charge in [0, 0.05) is 24.6 Å². The van der Waals surface area contributed by atoms with Crippen molar-refractivity contribution in [1.29, 1.82) is 0 Å². The largest absolute Gasteiger partial charge is 0.382 e. The second-order valence-corrected chi connectivity index (χ2v) is 5.77. The highest BCUT2D eigenvalue weighted by atomic mass is 32.1. The molecule has 0 radical (unpaired) electrons. The number of aromatic nitrogens is 2. The van der Waals surface area contributed by atoms with Crippen LogP contribution in [0.3, 0.4) is 0 Å². The summed E-state index contributed by atoms with van der Waals surface area (Å²) in [4.78, 5) is 4.15. The SMILES string of the molecule is CC(Nc1snc(N)c1-c1cccnc1)C1CCCO1. The molecule has 2 unspecified atom stereocenters. The Morgan fingerprint density at radius 1 is 1.55 bits per heavy atom. The van der Waals surface area contributed by atoms with Gasteiger partial charge in [-0.2, -0.15) is 4.37 Å². The summed E-state index contributed by atoms with van der Waals surface area (Å²) < 4.78 is 9.98. The van der Waals surface area contributed by atoms with Crippen LogP contribution in [0.5, 0.6) is 0 Å². The lowest BCUT2D eigenvalue weighted by Crippen LogP contribution is -2.29. The minimum absolute atomic E-state index is 0.243. The maximum atomic E-state index is 6.00. The maximum Gasteiger partial charge on any atom is 0.147 e. The average molecular weight is 290 g/mol. The van der Waals surface area contributed by atoms with E-state index in [0.717, 1.165) is 35.6 Å². The Morgan fingerprint density at radius 2 is 2.45 bits per heavy atom. The summed E-state index contributed by atoms with van der Waals surface area (Å²) in [6, 6.07) is 4.14. The molecule has 20 heavy (non-hydrogen) atoms. The van der Waals surface area contributed by atoms with E-state index in [0.29, 0.717) is 5.82 Å². The third kappa shape index (κ3) is 2.62. The lowest BCUT2D eigenvalue weighted by molar-refractivity contribution is 0.0997. The van der Waals surface area contributed by atoms with Crippen molar-refractivity contribution in [2.24, 2.45) is 0 Å². The highest BCUT2D eigenvalue weighted by Crippen LogP contribution is 2.37. The van der Waals surface area contributed by atoms with Gasteiger partial charge in [-0.1, -0.05) is 6.07 Å². The fourth-order valence-corrected chi connectivity index (χ4v) is 3.32. The number of pyridine rings is 1. The first kappa shape index (κ1) is 13.3. The van der Waals surface area contributed by atoms with Crippen LogP contribution in [0.25, 0.3) is 11.1 Å². The molecule has 0 aromatic carbocycles. The van der Waals surface area contributed by atoms with Crippen LogP contribution in [-0.2, 0) is 4.74 Å². The van der Waals surface area contributed by atoms with Gasteiger partial charge in [-0.25, -0.2) is 0 Å². The van der Waals surface area contributed by atoms with E-state index in [2.05, 4.69) is 21.6 Å². The number of ether oxygens (including phenoxy) is 1. The van der Waals surface area contributed by atoms with Crippen molar-refractivity contribution < 1.29 is 4.74 Å². The lowest BCUT2D eigenvalue weighted by atomic mass is 10.1. The summed E-state index contributed by atoms with van der Waals surface area (Å²) in [5, 5.41) is 4.48. The zero-order valence-corrected chi connectivity index (χ0v) is 12.2. The molecule has 1 aliphatic rings. The maximum absolute atomic E-state index is 6.00. The molecule has 3 heterocycles. The smallest absolute Gasteiger partial charge is 0.147 e. The Balaban J connectivity index is 1.84. The molecular weight excluding hydrogens is 272 g/mol. The molecule has 1 saturated heterocycles. The van der Waals surface area contributed by atoms with Crippen LogP contribution in [0.4, 0.5) is 10.8 Å². The van der Waals surface area contributed by atoms with Crippen LogP contribution in [0, 0.1) is 0 Å². The van der Waals surface area contributed by atoms with Crippen molar-refractivity contribution in [3.05, 3.63) is 24.5 Å². The zero-order valence-electron chi connectivity index (χ0n) is 11.4. The number of nitrogens with one attached hydrogen (secondary N) is 1. The van der Waals surface area contributed by atoms with Crippen LogP contribution >= 0.6 is 11.5 Å². The summed E-state index contributed by atoms with van der Waals surface area (Å²) in [5.41, 5.74) is 7.93. The number of rotatable bonds is 4. The highest BCUT2D eigenvalue weighted by molar-refractivity contribution is 7.11. The third-order valence-electron chi connectivity index (χ3n) is 3.55. The van der Waals surface area contributed by atoms with E-state index in [9.17, 15) is 0 Å². The summed E-state index contributed by atoms with van der Waals surface area (Å²) in [6.45, 7) is 3.00. The monoisotopic (exact) mass is 290 g/mol. The first-order valence-electron chi connectivity index (χ1n) is 6.79. The Labute approximate surface area is 122 Å². The molecule has 0 bridgehead atoms. The van der Waals surface area contributed by atoms with Crippen molar-refractivity contribution in [3.8, 4) is 11.1 Å². The van der Waals surface area contributed by atoms with E-state index in [4.69, 9.17) is 10.5 Å². The van der Waals surface area contributed by atoms with Gasteiger partial charge < -0.3 is 15.8 Å². The number of nitrogens with two attached hydrogens (primary N) is 1. The molecule has 3 rings (SSSR count). The lowest BCUT2D eigenvalue weighted by Gasteiger charge is -2.20. The topological polar surface area (TPSA) is 73.1 Å². The van der Waals surface area contributed by atoms with Crippen LogP contribution < -0.4 is 11.1 Å². The van der Waals surface area contributed by atoms with Gasteiger partial charge in [-0.05, 0) is 37.4 Å². The average Bonchev–Trinajstić information content (AvgIpc) is 3.10. The minimum Gasteiger partial charge on any atom is -0.382 e. The van der Waals surface area contributed by atoms with Gasteiger partial charge in [0.1, 0.15) is 10.8 Å². The van der Waals surface area contributed by atoms with Crippen LogP contribution in [0.1, 0.15) is 19.8 Å². The van der Waals surface area contributed by atoms with Gasteiger partial charge in [-0.3, -0.25) is 4.98 Å². The van der Waals surface area contributed by atoms with Crippen LogP contribution in [0.2, 0.25) is 0 Å². The first-order valence-corrected chi connectivity index (χ1v) is 7.56. The molecule has 2 atom stereocenters. The molecule has 1 fully saturated rings. The Bertz CT molecular complexity index is 566. The Hall–Kier alpha value is -1.66. The molecule has 3 N–H and O–H groups in total. The van der Waals surface area contributed by atoms with E-state index in [-0.39, 0.29) is 12.1 Å². The van der Waals surface area contributed by atoms with E-state index < -0.39 is 0 Å². The molecule has 6 heteroatoms. The molecule has 2 aromatic rings. The third-order valence-corrected chi connectivity index (χ3v) is 4.34. The molecule has 0 saturated carbocycles. The van der Waals surface area contributed by atoms with E-state index in [1.54, 1.807) is 6.20 Å². The fraction of sp³-hybridized carbons (Fsp3) is 0.429. The van der Waals surface area contributed by atoms with Crippen molar-refractivity contribution >= 4 is 22.4 Å². The van der Waals surface area contributed by atoms with Gasteiger partial charge in [0.2, 0.25) is 0 Å². The predicted molar refractivity (Wildman–Crippen MR) is 81.8 cm³/mol. The second kappa shape index (κ2) is 5.76. The van der Waals surface area contributed by atoms with Gasteiger partial charge >= 0.3 is 0 Å². The fourth-order valence-electron chi connectivity index (χ4n) is 2.49. The number of nitrogens with zero attached hydrogens (tertiary/aromatic N) is 2. The zero-order chi connectivity index (χ0) is 13.9. The van der Waals surface area contributed by atoms with Crippen LogP contribution in [0.15, 0.2) is 24.5 Å². The van der Waals surface area contributed by atoms with Gasteiger partial charge in [0.25, 0.3) is 0 Å². The summed E-state index contributed by atoms with van der Waals surface area (Å²) >= 11 is 1.39.